The molecule has 0 heterocycles. The van der Waals surface area contributed by atoms with Crippen LogP contribution in [-0.4, -0.2) is 20.9 Å². The lowest BCUT2D eigenvalue weighted by Gasteiger charge is -2.10. The Bertz CT molecular complexity index is 1100. The lowest BCUT2D eigenvalue weighted by molar-refractivity contribution is -0.118. The van der Waals surface area contributed by atoms with E-state index in [2.05, 4.69) is 10.0 Å². The van der Waals surface area contributed by atoms with Gasteiger partial charge < -0.3 is 10.1 Å². The van der Waals surface area contributed by atoms with E-state index in [0.717, 1.165) is 5.56 Å². The third kappa shape index (κ3) is 5.73. The summed E-state index contributed by atoms with van der Waals surface area (Å²) in [5.41, 5.74) is 1.96. The first-order valence-corrected chi connectivity index (χ1v) is 10.6. The number of rotatable bonds is 7. The lowest BCUT2D eigenvalue weighted by Crippen LogP contribution is -2.20. The van der Waals surface area contributed by atoms with E-state index in [4.69, 9.17) is 16.3 Å². The second-order valence-corrected chi connectivity index (χ2v) is 8.35. The maximum Gasteiger partial charge on any atom is 0.262 e. The molecule has 0 bridgehead atoms. The van der Waals surface area contributed by atoms with E-state index in [9.17, 15) is 13.2 Å². The van der Waals surface area contributed by atoms with E-state index in [-0.39, 0.29) is 11.5 Å². The maximum atomic E-state index is 12.5. The van der Waals surface area contributed by atoms with Crippen molar-refractivity contribution < 1.29 is 17.9 Å². The van der Waals surface area contributed by atoms with Crippen molar-refractivity contribution in [1.29, 1.82) is 0 Å². The van der Waals surface area contributed by atoms with Crippen LogP contribution in [0.5, 0.6) is 5.75 Å². The van der Waals surface area contributed by atoms with E-state index in [1.807, 2.05) is 19.1 Å². The van der Waals surface area contributed by atoms with Gasteiger partial charge in [-0.1, -0.05) is 41.4 Å². The summed E-state index contributed by atoms with van der Waals surface area (Å²) in [5, 5.41) is 3.06. The van der Waals surface area contributed by atoms with Crippen molar-refractivity contribution >= 4 is 38.9 Å². The molecule has 0 fully saturated rings. The van der Waals surface area contributed by atoms with Crippen molar-refractivity contribution in [3.63, 3.8) is 0 Å². The van der Waals surface area contributed by atoms with Crippen LogP contribution >= 0.6 is 11.6 Å². The molecule has 0 saturated carbocycles. The molecule has 8 heteroatoms. The van der Waals surface area contributed by atoms with E-state index >= 15 is 0 Å². The Hall–Kier alpha value is -3.03. The Morgan fingerprint density at radius 1 is 0.931 bits per heavy atom. The summed E-state index contributed by atoms with van der Waals surface area (Å²) in [5.74, 6) is 0.0197. The van der Waals surface area contributed by atoms with Crippen LogP contribution in [0.1, 0.15) is 5.56 Å². The van der Waals surface area contributed by atoms with E-state index in [1.165, 1.54) is 24.3 Å². The third-order valence-electron chi connectivity index (χ3n) is 3.95. The Balaban J connectivity index is 1.59. The molecule has 150 valence electrons. The fraction of sp³-hybridized carbons (Fsp3) is 0.0952. The molecule has 3 rings (SSSR count). The largest absolute Gasteiger partial charge is 0.482 e. The number of sulfonamides is 1. The van der Waals surface area contributed by atoms with Crippen LogP contribution in [0.15, 0.2) is 77.7 Å². The van der Waals surface area contributed by atoms with Gasteiger partial charge in [-0.2, -0.15) is 0 Å². The predicted octanol–water partition coefficient (Wildman–Crippen LogP) is 4.47. The molecule has 0 aliphatic carbocycles. The molecular formula is C21H19ClN2O4S. The van der Waals surface area contributed by atoms with Gasteiger partial charge in [-0.05, 0) is 55.5 Å². The second-order valence-electron chi connectivity index (χ2n) is 6.26. The molecule has 1 amide bonds. The molecule has 3 aromatic carbocycles. The topological polar surface area (TPSA) is 84.5 Å². The molecule has 0 radical (unpaired) electrons. The number of amides is 1. The van der Waals surface area contributed by atoms with E-state index < -0.39 is 15.9 Å². The third-order valence-corrected chi connectivity index (χ3v) is 5.66. The summed E-state index contributed by atoms with van der Waals surface area (Å²) >= 11 is 5.97. The number of anilines is 2. The Kier molecular flexibility index (Phi) is 6.41. The summed E-state index contributed by atoms with van der Waals surface area (Å²) in [4.78, 5) is 12.1. The number of carbonyl (C=O) groups is 1. The molecule has 0 aliphatic heterocycles. The lowest BCUT2D eigenvalue weighted by atomic mass is 10.2. The first-order chi connectivity index (χ1) is 13.8. The summed E-state index contributed by atoms with van der Waals surface area (Å²) in [6, 6.07) is 19.7. The molecule has 0 aromatic heterocycles. The first kappa shape index (κ1) is 20.7. The van der Waals surface area contributed by atoms with Crippen LogP contribution in [0.3, 0.4) is 0 Å². The highest BCUT2D eigenvalue weighted by molar-refractivity contribution is 7.92. The van der Waals surface area contributed by atoms with Gasteiger partial charge in [0.1, 0.15) is 5.75 Å². The number of aryl methyl sites for hydroxylation is 1. The highest BCUT2D eigenvalue weighted by Gasteiger charge is 2.14. The van der Waals surface area contributed by atoms with Crippen molar-refractivity contribution in [1.82, 2.24) is 0 Å². The van der Waals surface area contributed by atoms with Gasteiger partial charge in [-0.3, -0.25) is 9.52 Å². The number of hydrogen-bond acceptors (Lipinski definition) is 4. The minimum atomic E-state index is -3.72. The summed E-state index contributed by atoms with van der Waals surface area (Å²) in [7, 11) is -3.72. The number of carbonyl (C=O) groups excluding carboxylic acids is 1. The second kappa shape index (κ2) is 8.98. The minimum absolute atomic E-state index is 0.0865. The molecule has 0 aliphatic rings. The van der Waals surface area contributed by atoms with Gasteiger partial charge in [-0.15, -0.1) is 0 Å². The Morgan fingerprint density at radius 3 is 2.21 bits per heavy atom. The van der Waals surface area contributed by atoms with Crippen LogP contribution in [0.25, 0.3) is 0 Å². The molecular weight excluding hydrogens is 412 g/mol. The number of nitrogens with one attached hydrogen (secondary N) is 2. The quantitative estimate of drug-likeness (QED) is 0.579. The molecule has 0 spiro atoms. The van der Waals surface area contributed by atoms with Gasteiger partial charge in [0, 0.05) is 11.4 Å². The maximum absolute atomic E-state index is 12.5. The highest BCUT2D eigenvalue weighted by atomic mass is 35.5. The fourth-order valence-electron chi connectivity index (χ4n) is 2.46. The van der Waals surface area contributed by atoms with Crippen molar-refractivity contribution in [3.8, 4) is 5.75 Å². The molecule has 29 heavy (non-hydrogen) atoms. The SMILES string of the molecule is Cc1ccc(NS(=O)(=O)c2ccc(NC(=O)COc3ccccc3Cl)cc2)cc1. The zero-order valence-corrected chi connectivity index (χ0v) is 17.1. The molecule has 6 nitrogen and oxygen atoms in total. The Morgan fingerprint density at radius 2 is 1.55 bits per heavy atom. The van der Waals surface area contributed by atoms with Crippen LogP contribution < -0.4 is 14.8 Å². The van der Waals surface area contributed by atoms with Crippen molar-refractivity contribution in [2.75, 3.05) is 16.6 Å². The number of ether oxygens (including phenoxy) is 1. The van der Waals surface area contributed by atoms with Gasteiger partial charge in [0.15, 0.2) is 6.61 Å². The van der Waals surface area contributed by atoms with Gasteiger partial charge in [0.25, 0.3) is 15.9 Å². The summed E-state index contributed by atoms with van der Waals surface area (Å²) in [6.07, 6.45) is 0. The molecule has 0 atom stereocenters. The van der Waals surface area contributed by atoms with Gasteiger partial charge >= 0.3 is 0 Å². The van der Waals surface area contributed by atoms with E-state index in [0.29, 0.717) is 22.1 Å². The van der Waals surface area contributed by atoms with Gasteiger partial charge in [0.05, 0.1) is 9.92 Å². The number of benzene rings is 3. The average molecular weight is 431 g/mol. The summed E-state index contributed by atoms with van der Waals surface area (Å²) in [6.45, 7) is 1.70. The molecule has 3 aromatic rings. The molecule has 0 saturated heterocycles. The number of hydrogen-bond donors (Lipinski definition) is 2. The number of halogens is 1. The molecule has 0 unspecified atom stereocenters. The first-order valence-electron chi connectivity index (χ1n) is 8.70. The molecule has 2 N–H and O–H groups in total. The zero-order chi connectivity index (χ0) is 20.9. The Labute approximate surface area is 174 Å². The van der Waals surface area contributed by atoms with Crippen molar-refractivity contribution in [3.05, 3.63) is 83.4 Å². The van der Waals surface area contributed by atoms with Crippen LogP contribution in [-0.2, 0) is 14.8 Å². The number of para-hydroxylation sites is 1. The van der Waals surface area contributed by atoms with Crippen LogP contribution in [0.4, 0.5) is 11.4 Å². The van der Waals surface area contributed by atoms with Gasteiger partial charge in [-0.25, -0.2) is 8.42 Å². The average Bonchev–Trinajstić information content (AvgIpc) is 2.69. The fourth-order valence-corrected chi connectivity index (χ4v) is 3.70. The normalized spacial score (nSPS) is 11.0. The summed E-state index contributed by atoms with van der Waals surface area (Å²) < 4.78 is 32.9. The minimum Gasteiger partial charge on any atom is -0.482 e. The van der Waals surface area contributed by atoms with Crippen molar-refractivity contribution in [2.24, 2.45) is 0 Å². The highest BCUT2D eigenvalue weighted by Crippen LogP contribution is 2.23. The van der Waals surface area contributed by atoms with Crippen molar-refractivity contribution in [2.45, 2.75) is 11.8 Å². The van der Waals surface area contributed by atoms with E-state index in [1.54, 1.807) is 36.4 Å². The van der Waals surface area contributed by atoms with Crippen LogP contribution in [0.2, 0.25) is 5.02 Å². The zero-order valence-electron chi connectivity index (χ0n) is 15.6. The standard InChI is InChI=1S/C21H19ClN2O4S/c1-15-6-8-17(9-7-15)24-29(26,27)18-12-10-16(11-13-18)23-21(25)14-28-20-5-3-2-4-19(20)22/h2-13,24H,14H2,1H3,(H,23,25). The monoisotopic (exact) mass is 430 g/mol. The smallest absolute Gasteiger partial charge is 0.262 e. The van der Waals surface area contributed by atoms with Gasteiger partial charge in [0.2, 0.25) is 0 Å². The predicted molar refractivity (Wildman–Crippen MR) is 114 cm³/mol. The van der Waals surface area contributed by atoms with Crippen LogP contribution in [0, 0.1) is 6.92 Å².